The fraction of sp³-hybridized carbons (Fsp3) is 0.571. The third-order valence-electron chi connectivity index (χ3n) is 3.70. The summed E-state index contributed by atoms with van der Waals surface area (Å²) in [5.74, 6) is 0.498. The molecule has 0 saturated carbocycles. The Morgan fingerprint density at radius 3 is 2.35 bits per heavy atom. The first-order chi connectivity index (χ1) is 9.35. The first-order valence-corrected chi connectivity index (χ1v) is 8.43. The maximum absolute atomic E-state index is 12.1. The zero-order valence-corrected chi connectivity index (χ0v) is 13.4. The Morgan fingerprint density at radius 2 is 1.85 bits per heavy atom. The molecule has 1 aromatic rings. The molecule has 1 aromatic carbocycles. The smallest absolute Gasteiger partial charge is 0.242 e. The van der Waals surface area contributed by atoms with Gasteiger partial charge in [0.1, 0.15) is 4.90 Å². The van der Waals surface area contributed by atoms with Crippen molar-refractivity contribution in [3.8, 4) is 0 Å². The first kappa shape index (κ1) is 16.8. The van der Waals surface area contributed by atoms with Crippen molar-refractivity contribution in [3.05, 3.63) is 18.2 Å². The molecule has 0 amide bonds. The van der Waals surface area contributed by atoms with Gasteiger partial charge in [0.05, 0.1) is 5.69 Å². The number of benzene rings is 1. The van der Waals surface area contributed by atoms with Gasteiger partial charge in [-0.1, -0.05) is 26.7 Å². The molecule has 0 spiro atoms. The summed E-state index contributed by atoms with van der Waals surface area (Å²) in [6.07, 6.45) is 2.10. The molecule has 6 heteroatoms. The molecule has 20 heavy (non-hydrogen) atoms. The first-order valence-electron chi connectivity index (χ1n) is 6.95. The van der Waals surface area contributed by atoms with Crippen LogP contribution in [0, 0.1) is 5.92 Å². The van der Waals surface area contributed by atoms with E-state index < -0.39 is 10.0 Å². The minimum absolute atomic E-state index is 0.192. The van der Waals surface area contributed by atoms with Crippen LogP contribution in [0.2, 0.25) is 0 Å². The Bertz CT molecular complexity index is 539. The topological polar surface area (TPSA) is 84.2 Å². The highest BCUT2D eigenvalue weighted by molar-refractivity contribution is 7.89. The lowest BCUT2D eigenvalue weighted by molar-refractivity contribution is 0.437. The van der Waals surface area contributed by atoms with E-state index in [0.29, 0.717) is 17.3 Å². The van der Waals surface area contributed by atoms with Crippen LogP contribution in [-0.2, 0) is 10.0 Å². The van der Waals surface area contributed by atoms with Crippen LogP contribution in [0.1, 0.15) is 33.6 Å². The number of nitrogen functional groups attached to an aromatic ring is 1. The van der Waals surface area contributed by atoms with Gasteiger partial charge in [-0.3, -0.25) is 0 Å². The molecule has 1 rings (SSSR count). The monoisotopic (exact) mass is 299 g/mol. The molecule has 0 saturated heterocycles. The number of nitrogens with two attached hydrogens (primary N) is 1. The molecule has 0 fully saturated rings. The molecule has 0 aliphatic rings. The minimum Gasteiger partial charge on any atom is -0.399 e. The van der Waals surface area contributed by atoms with Crippen molar-refractivity contribution in [2.45, 2.75) is 44.6 Å². The maximum atomic E-state index is 12.1. The standard InChI is InChI=1S/C14H25N3O2S/c1-5-11(6-2)10(3)17-13-8-7-12(15)9-14(13)20(18,19)16-4/h7-11,16-17H,5-6,15H2,1-4H3. The van der Waals surface area contributed by atoms with Gasteiger partial charge >= 0.3 is 0 Å². The average Bonchev–Trinajstić information content (AvgIpc) is 2.42. The lowest BCUT2D eigenvalue weighted by Crippen LogP contribution is -2.27. The van der Waals surface area contributed by atoms with Crippen LogP contribution in [0.4, 0.5) is 11.4 Å². The van der Waals surface area contributed by atoms with E-state index in [1.165, 1.54) is 13.1 Å². The van der Waals surface area contributed by atoms with Crippen LogP contribution in [-0.4, -0.2) is 21.5 Å². The van der Waals surface area contributed by atoms with Crippen LogP contribution < -0.4 is 15.8 Å². The zero-order chi connectivity index (χ0) is 15.3. The molecule has 0 aliphatic carbocycles. The highest BCUT2D eigenvalue weighted by Gasteiger charge is 2.20. The van der Waals surface area contributed by atoms with Crippen LogP contribution >= 0.6 is 0 Å². The van der Waals surface area contributed by atoms with Gasteiger partial charge in [0.2, 0.25) is 10.0 Å². The van der Waals surface area contributed by atoms with Crippen molar-refractivity contribution in [3.63, 3.8) is 0 Å². The molecule has 0 aliphatic heterocycles. The predicted octanol–water partition coefficient (Wildman–Crippen LogP) is 2.41. The van der Waals surface area contributed by atoms with E-state index in [0.717, 1.165) is 12.8 Å². The normalized spacial score (nSPS) is 13.4. The number of anilines is 2. The Hall–Kier alpha value is -1.27. The predicted molar refractivity (Wildman–Crippen MR) is 84.3 cm³/mol. The van der Waals surface area contributed by atoms with Gasteiger partial charge in [-0.2, -0.15) is 0 Å². The Balaban J connectivity index is 3.13. The summed E-state index contributed by atoms with van der Waals surface area (Å²) in [4.78, 5) is 0.192. The second-order valence-electron chi connectivity index (χ2n) is 4.97. The second kappa shape index (κ2) is 6.95. The van der Waals surface area contributed by atoms with Crippen LogP contribution in [0.15, 0.2) is 23.1 Å². The van der Waals surface area contributed by atoms with Crippen LogP contribution in [0.5, 0.6) is 0 Å². The fourth-order valence-corrected chi connectivity index (χ4v) is 3.28. The molecule has 114 valence electrons. The number of rotatable bonds is 7. The Morgan fingerprint density at radius 1 is 1.25 bits per heavy atom. The van der Waals surface area contributed by atoms with Crippen LogP contribution in [0.25, 0.3) is 0 Å². The largest absolute Gasteiger partial charge is 0.399 e. The van der Waals surface area contributed by atoms with Gasteiger partial charge < -0.3 is 11.1 Å². The van der Waals surface area contributed by atoms with E-state index in [4.69, 9.17) is 5.73 Å². The van der Waals surface area contributed by atoms with E-state index in [1.807, 2.05) is 0 Å². The highest BCUT2D eigenvalue weighted by Crippen LogP contribution is 2.26. The molecule has 0 bridgehead atoms. The molecule has 0 heterocycles. The summed E-state index contributed by atoms with van der Waals surface area (Å²) >= 11 is 0. The summed E-state index contributed by atoms with van der Waals surface area (Å²) in [6.45, 7) is 6.35. The van der Waals surface area contributed by atoms with E-state index in [1.54, 1.807) is 12.1 Å². The van der Waals surface area contributed by atoms with Gasteiger partial charge in [-0.05, 0) is 38.1 Å². The number of hydrogen-bond acceptors (Lipinski definition) is 4. The maximum Gasteiger partial charge on any atom is 0.242 e. The highest BCUT2D eigenvalue weighted by atomic mass is 32.2. The quantitative estimate of drug-likeness (QED) is 0.675. The van der Waals surface area contributed by atoms with Crippen molar-refractivity contribution in [2.24, 2.45) is 5.92 Å². The SMILES string of the molecule is CCC(CC)C(C)Nc1ccc(N)cc1S(=O)(=O)NC. The molecular formula is C14H25N3O2S. The molecule has 5 nitrogen and oxygen atoms in total. The van der Waals surface area contributed by atoms with E-state index in [9.17, 15) is 8.42 Å². The average molecular weight is 299 g/mol. The van der Waals surface area contributed by atoms with Gasteiger partial charge in [-0.15, -0.1) is 0 Å². The van der Waals surface area contributed by atoms with Gasteiger partial charge in [0, 0.05) is 11.7 Å². The Kier molecular flexibility index (Phi) is 5.83. The van der Waals surface area contributed by atoms with E-state index in [-0.39, 0.29) is 10.9 Å². The number of hydrogen-bond donors (Lipinski definition) is 3. The number of sulfonamides is 1. The fourth-order valence-electron chi connectivity index (χ4n) is 2.35. The van der Waals surface area contributed by atoms with Gasteiger partial charge in [0.25, 0.3) is 0 Å². The van der Waals surface area contributed by atoms with Crippen molar-refractivity contribution in [1.29, 1.82) is 0 Å². The minimum atomic E-state index is -3.53. The molecule has 1 atom stereocenters. The molecule has 0 aromatic heterocycles. The van der Waals surface area contributed by atoms with Gasteiger partial charge in [0.15, 0.2) is 0 Å². The van der Waals surface area contributed by atoms with Crippen molar-refractivity contribution >= 4 is 21.4 Å². The molecule has 0 radical (unpaired) electrons. The van der Waals surface area contributed by atoms with Crippen molar-refractivity contribution < 1.29 is 8.42 Å². The third-order valence-corrected chi connectivity index (χ3v) is 5.16. The summed E-state index contributed by atoms with van der Waals surface area (Å²) in [7, 11) is -2.13. The lowest BCUT2D eigenvalue weighted by atomic mass is 9.95. The Labute approximate surface area is 122 Å². The zero-order valence-electron chi connectivity index (χ0n) is 12.6. The van der Waals surface area contributed by atoms with Crippen molar-refractivity contribution in [1.82, 2.24) is 4.72 Å². The van der Waals surface area contributed by atoms with E-state index in [2.05, 4.69) is 30.8 Å². The molecular weight excluding hydrogens is 274 g/mol. The summed E-state index contributed by atoms with van der Waals surface area (Å²) in [5.41, 5.74) is 6.72. The summed E-state index contributed by atoms with van der Waals surface area (Å²) < 4.78 is 26.4. The number of nitrogens with one attached hydrogen (secondary N) is 2. The second-order valence-corrected chi connectivity index (χ2v) is 6.83. The molecule has 1 unspecified atom stereocenters. The van der Waals surface area contributed by atoms with Crippen molar-refractivity contribution in [2.75, 3.05) is 18.1 Å². The summed E-state index contributed by atoms with van der Waals surface area (Å²) in [6, 6.07) is 5.10. The summed E-state index contributed by atoms with van der Waals surface area (Å²) in [5, 5.41) is 3.31. The molecule has 4 N–H and O–H groups in total. The van der Waals surface area contributed by atoms with Crippen LogP contribution in [0.3, 0.4) is 0 Å². The lowest BCUT2D eigenvalue weighted by Gasteiger charge is -2.25. The van der Waals surface area contributed by atoms with E-state index >= 15 is 0 Å². The third kappa shape index (κ3) is 3.86. The van der Waals surface area contributed by atoms with Gasteiger partial charge in [-0.25, -0.2) is 13.1 Å².